The number of anilines is 1. The van der Waals surface area contributed by atoms with Crippen LogP contribution in [0.2, 0.25) is 0 Å². The van der Waals surface area contributed by atoms with Crippen molar-refractivity contribution in [3.63, 3.8) is 0 Å². The average Bonchev–Trinajstić information content (AvgIpc) is 3.19. The van der Waals surface area contributed by atoms with E-state index < -0.39 is 5.91 Å². The fourth-order valence-electron chi connectivity index (χ4n) is 3.13. The van der Waals surface area contributed by atoms with Gasteiger partial charge in [-0.15, -0.1) is 11.3 Å². The first-order valence-corrected chi connectivity index (χ1v) is 10.7. The Kier molecular flexibility index (Phi) is 6.28. The van der Waals surface area contributed by atoms with Crippen molar-refractivity contribution in [1.29, 1.82) is 0 Å². The number of amides is 2. The van der Waals surface area contributed by atoms with E-state index in [0.717, 1.165) is 20.8 Å². The van der Waals surface area contributed by atoms with Crippen molar-refractivity contribution < 1.29 is 14.3 Å². The van der Waals surface area contributed by atoms with Gasteiger partial charge in [-0.2, -0.15) is 0 Å². The molecule has 0 radical (unpaired) electrons. The van der Waals surface area contributed by atoms with Gasteiger partial charge in [0.1, 0.15) is 11.4 Å². The van der Waals surface area contributed by atoms with Gasteiger partial charge < -0.3 is 15.4 Å². The number of aryl methyl sites for hydroxylation is 1. The van der Waals surface area contributed by atoms with E-state index in [9.17, 15) is 9.59 Å². The van der Waals surface area contributed by atoms with Crippen molar-refractivity contribution in [2.75, 3.05) is 12.4 Å². The monoisotopic (exact) mass is 443 g/mol. The van der Waals surface area contributed by atoms with Crippen molar-refractivity contribution in [3.05, 3.63) is 94.6 Å². The highest BCUT2D eigenvalue weighted by Gasteiger charge is 2.15. The molecule has 1 aromatic heterocycles. The van der Waals surface area contributed by atoms with Gasteiger partial charge >= 0.3 is 0 Å². The average molecular weight is 444 g/mol. The van der Waals surface area contributed by atoms with Gasteiger partial charge in [-0.1, -0.05) is 30.3 Å². The number of fused-ring (bicyclic) bond motifs is 1. The molecule has 0 saturated heterocycles. The van der Waals surface area contributed by atoms with Crippen LogP contribution in [0.15, 0.2) is 78.5 Å². The number of nitrogens with one attached hydrogen (secondary N) is 2. The molecule has 3 aromatic carbocycles. The van der Waals surface area contributed by atoms with Crippen LogP contribution in [0.1, 0.15) is 20.9 Å². The smallest absolute Gasteiger partial charge is 0.272 e. The highest BCUT2D eigenvalue weighted by atomic mass is 32.1. The Balaban J connectivity index is 1.62. The van der Waals surface area contributed by atoms with Gasteiger partial charge in [0.05, 0.1) is 22.3 Å². The van der Waals surface area contributed by atoms with Gasteiger partial charge in [0, 0.05) is 11.3 Å². The second kappa shape index (κ2) is 9.45. The fourth-order valence-corrected chi connectivity index (χ4v) is 3.94. The first-order chi connectivity index (χ1) is 15.5. The normalized spacial score (nSPS) is 11.2. The summed E-state index contributed by atoms with van der Waals surface area (Å²) < 4.78 is 6.23. The zero-order chi connectivity index (χ0) is 22.5. The highest BCUT2D eigenvalue weighted by molar-refractivity contribution is 7.18. The second-order valence-electron chi connectivity index (χ2n) is 7.02. The maximum absolute atomic E-state index is 13.1. The number of rotatable bonds is 6. The van der Waals surface area contributed by atoms with Crippen molar-refractivity contribution in [2.45, 2.75) is 6.92 Å². The predicted octanol–water partition coefficient (Wildman–Crippen LogP) is 5.02. The number of thiazole rings is 1. The summed E-state index contributed by atoms with van der Waals surface area (Å²) >= 11 is 1.59. The quantitative estimate of drug-likeness (QED) is 0.410. The van der Waals surface area contributed by atoms with Crippen LogP contribution in [-0.2, 0) is 4.79 Å². The molecule has 4 aromatic rings. The lowest BCUT2D eigenvalue weighted by Gasteiger charge is -2.12. The Hall–Kier alpha value is -3.97. The number of ether oxygens (including phenoxy) is 1. The molecule has 32 heavy (non-hydrogen) atoms. The number of benzene rings is 3. The molecule has 0 aliphatic heterocycles. The van der Waals surface area contributed by atoms with Gasteiger partial charge in [-0.05, 0) is 61.0 Å². The standard InChI is InChI=1S/C25H21N3O3S/c1-16-26-21-15-19(10-13-23(21)32-16)27-25(30)22(14-17-8-11-20(31-2)12-9-17)28-24(29)18-6-4-3-5-7-18/h3-15H,1-2H3,(H,27,30)(H,28,29)/b22-14+. The molecule has 0 saturated carbocycles. The lowest BCUT2D eigenvalue weighted by atomic mass is 10.1. The third-order valence-electron chi connectivity index (χ3n) is 4.71. The number of carbonyl (C=O) groups is 2. The molecule has 0 unspecified atom stereocenters. The summed E-state index contributed by atoms with van der Waals surface area (Å²) in [5, 5.41) is 6.56. The topological polar surface area (TPSA) is 80.3 Å². The van der Waals surface area contributed by atoms with Crippen molar-refractivity contribution >= 4 is 45.1 Å². The molecule has 6 nitrogen and oxygen atoms in total. The van der Waals surface area contributed by atoms with Gasteiger partial charge in [0.2, 0.25) is 0 Å². The highest BCUT2D eigenvalue weighted by Crippen LogP contribution is 2.24. The van der Waals surface area contributed by atoms with Gasteiger partial charge in [-0.3, -0.25) is 9.59 Å². The largest absolute Gasteiger partial charge is 0.497 e. The molecule has 0 bridgehead atoms. The van der Waals surface area contributed by atoms with E-state index in [1.165, 1.54) is 0 Å². The number of methoxy groups -OCH3 is 1. The van der Waals surface area contributed by atoms with E-state index in [1.807, 2.05) is 43.3 Å². The molecule has 0 aliphatic carbocycles. The van der Waals surface area contributed by atoms with E-state index >= 15 is 0 Å². The summed E-state index contributed by atoms with van der Waals surface area (Å²) in [7, 11) is 1.59. The lowest BCUT2D eigenvalue weighted by Crippen LogP contribution is -2.30. The second-order valence-corrected chi connectivity index (χ2v) is 8.26. The van der Waals surface area contributed by atoms with E-state index in [2.05, 4.69) is 15.6 Å². The van der Waals surface area contributed by atoms with Crippen LogP contribution in [-0.4, -0.2) is 23.9 Å². The molecule has 0 spiro atoms. The van der Waals surface area contributed by atoms with Crippen LogP contribution in [0.4, 0.5) is 5.69 Å². The molecule has 160 valence electrons. The van der Waals surface area contributed by atoms with Crippen LogP contribution in [0, 0.1) is 6.92 Å². The summed E-state index contributed by atoms with van der Waals surface area (Å²) in [4.78, 5) is 30.3. The maximum Gasteiger partial charge on any atom is 0.272 e. The summed E-state index contributed by atoms with van der Waals surface area (Å²) in [6.45, 7) is 1.94. The minimum Gasteiger partial charge on any atom is -0.497 e. The Labute approximate surface area is 189 Å². The summed E-state index contributed by atoms with van der Waals surface area (Å²) in [6, 6.07) is 21.5. The minimum absolute atomic E-state index is 0.124. The first-order valence-electron chi connectivity index (χ1n) is 9.92. The zero-order valence-corrected chi connectivity index (χ0v) is 18.4. The molecule has 7 heteroatoms. The Morgan fingerprint density at radius 1 is 1.00 bits per heavy atom. The zero-order valence-electron chi connectivity index (χ0n) is 17.6. The van der Waals surface area contributed by atoms with Crippen LogP contribution < -0.4 is 15.4 Å². The molecule has 0 fully saturated rings. The SMILES string of the molecule is COc1ccc(/C=C(/NC(=O)c2ccccc2)C(=O)Nc2ccc3sc(C)nc3c2)cc1. The van der Waals surface area contributed by atoms with E-state index in [0.29, 0.717) is 17.0 Å². The summed E-state index contributed by atoms with van der Waals surface area (Å²) in [5.74, 6) is -0.101. The number of aromatic nitrogens is 1. The summed E-state index contributed by atoms with van der Waals surface area (Å²) in [5.41, 5.74) is 2.75. The van der Waals surface area contributed by atoms with Crippen molar-refractivity contribution in [3.8, 4) is 5.75 Å². The van der Waals surface area contributed by atoms with E-state index in [1.54, 1.807) is 60.9 Å². The van der Waals surface area contributed by atoms with Gasteiger partial charge in [0.15, 0.2) is 0 Å². The number of hydrogen-bond donors (Lipinski definition) is 2. The molecular weight excluding hydrogens is 422 g/mol. The lowest BCUT2D eigenvalue weighted by molar-refractivity contribution is -0.113. The van der Waals surface area contributed by atoms with Crippen LogP contribution in [0.3, 0.4) is 0 Å². The van der Waals surface area contributed by atoms with Crippen LogP contribution in [0.5, 0.6) is 5.75 Å². The number of nitrogens with zero attached hydrogens (tertiary/aromatic N) is 1. The molecule has 1 heterocycles. The first kappa shape index (κ1) is 21.3. The van der Waals surface area contributed by atoms with Gasteiger partial charge in [0.25, 0.3) is 11.8 Å². The Morgan fingerprint density at radius 3 is 2.47 bits per heavy atom. The maximum atomic E-state index is 13.1. The molecule has 2 amide bonds. The third-order valence-corrected chi connectivity index (χ3v) is 5.66. The predicted molar refractivity (Wildman–Crippen MR) is 128 cm³/mol. The van der Waals surface area contributed by atoms with E-state index in [4.69, 9.17) is 4.74 Å². The minimum atomic E-state index is -0.434. The molecule has 2 N–H and O–H groups in total. The van der Waals surface area contributed by atoms with Crippen LogP contribution >= 0.6 is 11.3 Å². The molecule has 0 atom stereocenters. The number of hydrogen-bond acceptors (Lipinski definition) is 5. The summed E-state index contributed by atoms with van der Waals surface area (Å²) in [6.07, 6.45) is 1.63. The molecular formula is C25H21N3O3S. The van der Waals surface area contributed by atoms with Crippen molar-refractivity contribution in [1.82, 2.24) is 10.3 Å². The van der Waals surface area contributed by atoms with Crippen molar-refractivity contribution in [2.24, 2.45) is 0 Å². The Morgan fingerprint density at radius 2 is 1.75 bits per heavy atom. The van der Waals surface area contributed by atoms with E-state index in [-0.39, 0.29) is 11.6 Å². The molecule has 0 aliphatic rings. The molecule has 4 rings (SSSR count). The third kappa shape index (κ3) is 5.01. The van der Waals surface area contributed by atoms with Gasteiger partial charge in [-0.25, -0.2) is 4.98 Å². The van der Waals surface area contributed by atoms with Crippen LogP contribution in [0.25, 0.3) is 16.3 Å². The number of carbonyl (C=O) groups excluding carboxylic acids is 2. The fraction of sp³-hybridized carbons (Fsp3) is 0.0800. The Bertz CT molecular complexity index is 1300.